The van der Waals surface area contributed by atoms with Gasteiger partial charge >= 0.3 is 0 Å². The van der Waals surface area contributed by atoms with E-state index < -0.39 is 0 Å². The summed E-state index contributed by atoms with van der Waals surface area (Å²) in [6, 6.07) is 0.196. The van der Waals surface area contributed by atoms with Crippen molar-refractivity contribution in [1.82, 2.24) is 5.32 Å². The Bertz CT molecular complexity index is 121. The maximum atomic E-state index is 8.80. The number of nitrogens with one attached hydrogen (secondary N) is 1. The predicted molar refractivity (Wildman–Crippen MR) is 48.8 cm³/mol. The van der Waals surface area contributed by atoms with Gasteiger partial charge in [-0.05, 0) is 18.9 Å². The highest BCUT2D eigenvalue weighted by molar-refractivity contribution is 6.25. The van der Waals surface area contributed by atoms with Crippen molar-refractivity contribution in [1.29, 1.82) is 0 Å². The summed E-state index contributed by atoms with van der Waals surface area (Å²) in [6.07, 6.45) is 0.937. The molecule has 0 amide bonds. The molecular formula is C8H16ClNO. The fourth-order valence-corrected chi connectivity index (χ4v) is 0.759. The van der Waals surface area contributed by atoms with Gasteiger partial charge in [0.1, 0.15) is 0 Å². The van der Waals surface area contributed by atoms with Gasteiger partial charge in [-0.15, -0.1) is 0 Å². The highest BCUT2D eigenvalue weighted by Gasteiger charge is 2.01. The highest BCUT2D eigenvalue weighted by atomic mass is 35.5. The highest BCUT2D eigenvalue weighted by Crippen LogP contribution is 1.95. The molecule has 1 atom stereocenters. The Kier molecular flexibility index (Phi) is 6.62. The maximum absolute atomic E-state index is 8.80. The average molecular weight is 178 g/mol. The van der Waals surface area contributed by atoms with Crippen LogP contribution >= 0.6 is 11.6 Å². The molecule has 2 N–H and O–H groups in total. The summed E-state index contributed by atoms with van der Waals surface area (Å²) < 4.78 is 0. The third-order valence-electron chi connectivity index (χ3n) is 1.57. The molecule has 66 valence electrons. The first kappa shape index (κ1) is 11.0. The van der Waals surface area contributed by atoms with Gasteiger partial charge < -0.3 is 10.4 Å². The molecule has 0 bridgehead atoms. The van der Waals surface area contributed by atoms with Gasteiger partial charge in [-0.3, -0.25) is 0 Å². The lowest BCUT2D eigenvalue weighted by atomic mass is 10.2. The number of rotatable bonds is 5. The monoisotopic (exact) mass is 177 g/mol. The van der Waals surface area contributed by atoms with Crippen molar-refractivity contribution >= 4 is 11.6 Å². The van der Waals surface area contributed by atoms with Gasteiger partial charge in [0.15, 0.2) is 0 Å². The first-order valence-electron chi connectivity index (χ1n) is 3.84. The van der Waals surface area contributed by atoms with E-state index in [2.05, 4.69) is 5.32 Å². The number of halogens is 1. The van der Waals surface area contributed by atoms with Crippen molar-refractivity contribution in [3.63, 3.8) is 0 Å². The molecule has 0 aliphatic rings. The third kappa shape index (κ3) is 5.24. The van der Waals surface area contributed by atoms with Crippen molar-refractivity contribution in [3.8, 4) is 0 Å². The molecule has 0 saturated heterocycles. The van der Waals surface area contributed by atoms with Crippen molar-refractivity contribution in [2.24, 2.45) is 0 Å². The summed E-state index contributed by atoms with van der Waals surface area (Å²) in [6.45, 7) is 4.92. The second-order valence-corrected chi connectivity index (χ2v) is 2.84. The quantitative estimate of drug-likeness (QED) is 0.667. The van der Waals surface area contributed by atoms with Crippen molar-refractivity contribution in [2.75, 3.05) is 13.2 Å². The summed E-state index contributed by atoms with van der Waals surface area (Å²) in [5, 5.41) is 12.0. The minimum Gasteiger partial charge on any atom is -0.395 e. The molecule has 0 fully saturated rings. The lowest BCUT2D eigenvalue weighted by molar-refractivity contribution is 0.242. The van der Waals surface area contributed by atoms with Crippen LogP contribution in [0.25, 0.3) is 0 Å². The van der Waals surface area contributed by atoms with Crippen LogP contribution in [0.3, 0.4) is 0 Å². The topological polar surface area (TPSA) is 32.3 Å². The van der Waals surface area contributed by atoms with Crippen LogP contribution in [0.4, 0.5) is 0 Å². The Balaban J connectivity index is 3.50. The minimum absolute atomic E-state index is 0.187. The van der Waals surface area contributed by atoms with Crippen LogP contribution in [-0.2, 0) is 0 Å². The molecule has 0 aliphatic carbocycles. The van der Waals surface area contributed by atoms with Crippen LogP contribution < -0.4 is 5.32 Å². The molecule has 3 heteroatoms. The molecule has 0 saturated carbocycles. The lowest BCUT2D eigenvalue weighted by Gasteiger charge is -2.13. The zero-order chi connectivity index (χ0) is 8.69. The minimum atomic E-state index is 0.187. The summed E-state index contributed by atoms with van der Waals surface area (Å²) in [5.74, 6) is 0. The second-order valence-electron chi connectivity index (χ2n) is 2.62. The van der Waals surface area contributed by atoms with Crippen LogP contribution in [-0.4, -0.2) is 24.3 Å². The van der Waals surface area contributed by atoms with E-state index in [1.807, 2.05) is 13.8 Å². The number of aliphatic hydroxyl groups excluding tert-OH is 1. The second kappa shape index (κ2) is 6.65. The Morgan fingerprint density at radius 3 is 2.73 bits per heavy atom. The number of aliphatic hydroxyl groups is 1. The van der Waals surface area contributed by atoms with Crippen molar-refractivity contribution < 1.29 is 5.11 Å². The smallest absolute Gasteiger partial charge is 0.0584 e. The normalized spacial score (nSPS) is 15.1. The van der Waals surface area contributed by atoms with E-state index in [0.717, 1.165) is 18.5 Å². The first-order chi connectivity index (χ1) is 5.24. The van der Waals surface area contributed by atoms with Gasteiger partial charge in [0.2, 0.25) is 0 Å². The molecule has 0 aliphatic heterocycles. The predicted octanol–water partition coefficient (Wildman–Crippen LogP) is 1.49. The summed E-state index contributed by atoms with van der Waals surface area (Å²) >= 11 is 5.46. The molecule has 0 heterocycles. The average Bonchev–Trinajstić information content (AvgIpc) is 2.06. The standard InChI is InChI=1S/C8H16ClNO/c1-3-8(6-11)10-5-7(2)4-9/h4,8,10-11H,3,5-6H2,1-2H3. The zero-order valence-corrected chi connectivity index (χ0v) is 7.86. The van der Waals surface area contributed by atoms with Gasteiger partial charge in [-0.1, -0.05) is 18.5 Å². The van der Waals surface area contributed by atoms with E-state index in [1.165, 1.54) is 0 Å². The summed E-state index contributed by atoms with van der Waals surface area (Å²) in [4.78, 5) is 0. The van der Waals surface area contributed by atoms with Crippen LogP contribution in [0.2, 0.25) is 0 Å². The SMILES string of the molecule is CCC(CO)NCC(C)=CCl. The van der Waals surface area contributed by atoms with Gasteiger partial charge in [0.05, 0.1) is 6.61 Å². The first-order valence-corrected chi connectivity index (χ1v) is 4.28. The van der Waals surface area contributed by atoms with Crippen molar-refractivity contribution in [2.45, 2.75) is 26.3 Å². The zero-order valence-electron chi connectivity index (χ0n) is 7.10. The Morgan fingerprint density at radius 1 is 1.73 bits per heavy atom. The van der Waals surface area contributed by atoms with Gasteiger partial charge in [0, 0.05) is 18.1 Å². The van der Waals surface area contributed by atoms with Gasteiger partial charge in [-0.2, -0.15) is 0 Å². The molecule has 2 nitrogen and oxygen atoms in total. The molecule has 0 aromatic rings. The molecule has 11 heavy (non-hydrogen) atoms. The van der Waals surface area contributed by atoms with Gasteiger partial charge in [0.25, 0.3) is 0 Å². The molecule has 0 aromatic carbocycles. The fraction of sp³-hybridized carbons (Fsp3) is 0.750. The Morgan fingerprint density at radius 2 is 2.36 bits per heavy atom. The molecule has 0 spiro atoms. The van der Waals surface area contributed by atoms with E-state index in [9.17, 15) is 0 Å². The Hall–Kier alpha value is -0.0500. The number of hydrogen-bond acceptors (Lipinski definition) is 2. The fourth-order valence-electron chi connectivity index (χ4n) is 0.682. The molecule has 0 radical (unpaired) electrons. The largest absolute Gasteiger partial charge is 0.395 e. The van der Waals surface area contributed by atoms with E-state index in [0.29, 0.717) is 0 Å². The molecular weight excluding hydrogens is 162 g/mol. The third-order valence-corrected chi connectivity index (χ3v) is 1.94. The molecule has 0 aromatic heterocycles. The Labute approximate surface area is 73.3 Å². The maximum Gasteiger partial charge on any atom is 0.0584 e. The van der Waals surface area contributed by atoms with E-state index in [-0.39, 0.29) is 12.6 Å². The molecule has 1 unspecified atom stereocenters. The summed E-state index contributed by atoms with van der Waals surface area (Å²) in [7, 11) is 0. The van der Waals surface area contributed by atoms with E-state index in [1.54, 1.807) is 5.54 Å². The van der Waals surface area contributed by atoms with E-state index in [4.69, 9.17) is 16.7 Å². The van der Waals surface area contributed by atoms with Crippen molar-refractivity contribution in [3.05, 3.63) is 11.1 Å². The van der Waals surface area contributed by atoms with Crippen LogP contribution in [0, 0.1) is 0 Å². The van der Waals surface area contributed by atoms with Crippen LogP contribution in [0.15, 0.2) is 11.1 Å². The van der Waals surface area contributed by atoms with Crippen LogP contribution in [0.1, 0.15) is 20.3 Å². The van der Waals surface area contributed by atoms with E-state index >= 15 is 0 Å². The summed E-state index contributed by atoms with van der Waals surface area (Å²) in [5.41, 5.74) is 2.63. The number of hydrogen-bond donors (Lipinski definition) is 2. The lowest BCUT2D eigenvalue weighted by Crippen LogP contribution is -2.32. The molecule has 0 rings (SSSR count). The van der Waals surface area contributed by atoms with Crippen LogP contribution in [0.5, 0.6) is 0 Å². The van der Waals surface area contributed by atoms with Gasteiger partial charge in [-0.25, -0.2) is 0 Å².